The summed E-state index contributed by atoms with van der Waals surface area (Å²) in [5.74, 6) is 0. The predicted molar refractivity (Wildman–Crippen MR) is 290 cm³/mol. The maximum atomic E-state index is 2.66. The molecule has 0 radical (unpaired) electrons. The molecule has 0 fully saturated rings. The fourth-order valence-electron chi connectivity index (χ4n) is 12.0. The van der Waals surface area contributed by atoms with Crippen molar-refractivity contribution in [1.82, 2.24) is 0 Å². The Bertz CT molecular complexity index is 3330. The van der Waals surface area contributed by atoms with Crippen molar-refractivity contribution in [3.8, 4) is 11.1 Å². The van der Waals surface area contributed by atoms with E-state index in [4.69, 9.17) is 0 Å². The van der Waals surface area contributed by atoms with Crippen molar-refractivity contribution >= 4 is 82.6 Å². The van der Waals surface area contributed by atoms with Crippen LogP contribution in [0, 0.1) is 41.5 Å². The highest BCUT2D eigenvalue weighted by Gasteiger charge is 2.60. The van der Waals surface area contributed by atoms with Gasteiger partial charge in [-0.3, -0.25) is 0 Å². The van der Waals surface area contributed by atoms with E-state index in [1.54, 1.807) is 11.1 Å². The van der Waals surface area contributed by atoms with E-state index in [1.807, 2.05) is 0 Å². The van der Waals surface area contributed by atoms with Gasteiger partial charge in [-0.15, -0.1) is 0 Å². The van der Waals surface area contributed by atoms with Crippen LogP contribution >= 0.6 is 0 Å². The highest BCUT2D eigenvalue weighted by Crippen LogP contribution is 2.63. The average molecular weight is 879 g/mol. The largest absolute Gasteiger partial charge is 0.310 e. The lowest BCUT2D eigenvalue weighted by Gasteiger charge is -2.52. The van der Waals surface area contributed by atoms with Crippen LogP contribution < -0.4 is 9.80 Å². The second-order valence-corrected chi connectivity index (χ2v) is 32.1. The van der Waals surface area contributed by atoms with E-state index in [-0.39, 0.29) is 4.66 Å². The van der Waals surface area contributed by atoms with E-state index in [0.717, 1.165) is 0 Å². The minimum absolute atomic E-state index is 0.0942. The predicted octanol–water partition coefficient (Wildman–Crippen LogP) is 18.0. The van der Waals surface area contributed by atoms with Crippen molar-refractivity contribution in [3.63, 3.8) is 0 Å². The quantitative estimate of drug-likeness (QED) is 0.111. The zero-order valence-corrected chi connectivity index (χ0v) is 42.4. The van der Waals surface area contributed by atoms with E-state index in [9.17, 15) is 0 Å². The molecule has 1 aliphatic rings. The summed E-state index contributed by atoms with van der Waals surface area (Å²) < 4.78 is -0.0942. The first-order chi connectivity index (χ1) is 31.0. The summed E-state index contributed by atoms with van der Waals surface area (Å²) in [4.78, 5) is 4.94. The molecule has 65 heavy (non-hydrogen) atoms. The molecule has 10 rings (SSSR count). The first kappa shape index (κ1) is 42.7. The van der Waals surface area contributed by atoms with Gasteiger partial charge < -0.3 is 9.80 Å². The Morgan fingerprint density at radius 2 is 0.815 bits per heavy atom. The molecule has 0 saturated carbocycles. The molecular formula is C61H62N2Si2. The van der Waals surface area contributed by atoms with Gasteiger partial charge in [-0.1, -0.05) is 147 Å². The summed E-state index contributed by atoms with van der Waals surface area (Å²) in [6.07, 6.45) is 0. The monoisotopic (exact) mass is 878 g/mol. The maximum Gasteiger partial charge on any atom is 0.0579 e. The van der Waals surface area contributed by atoms with Crippen molar-refractivity contribution in [3.05, 3.63) is 202 Å². The van der Waals surface area contributed by atoms with Crippen LogP contribution in [0.2, 0.25) is 39.3 Å². The van der Waals surface area contributed by atoms with Crippen LogP contribution in [0.25, 0.3) is 43.4 Å². The Morgan fingerprint density at radius 3 is 1.34 bits per heavy atom. The summed E-state index contributed by atoms with van der Waals surface area (Å²) in [5, 5.41) is 8.11. The van der Waals surface area contributed by atoms with Crippen LogP contribution in [0.3, 0.4) is 0 Å². The molecule has 0 bridgehead atoms. The van der Waals surface area contributed by atoms with E-state index in [2.05, 4.69) is 248 Å². The molecule has 0 unspecified atom stereocenters. The second-order valence-electron chi connectivity index (χ2n) is 21.1. The summed E-state index contributed by atoms with van der Waals surface area (Å²) in [6, 6.07) is 60.7. The Kier molecular flexibility index (Phi) is 10.2. The van der Waals surface area contributed by atoms with Crippen molar-refractivity contribution in [2.75, 3.05) is 9.80 Å². The molecule has 0 heterocycles. The molecule has 0 aliphatic heterocycles. The van der Waals surface area contributed by atoms with Gasteiger partial charge in [0, 0.05) is 38.8 Å². The van der Waals surface area contributed by atoms with E-state index >= 15 is 0 Å². The van der Waals surface area contributed by atoms with Crippen molar-refractivity contribution in [2.45, 2.75) is 85.5 Å². The number of hydrogen-bond acceptors (Lipinski definition) is 2. The lowest BCUT2D eigenvalue weighted by molar-refractivity contribution is 0.973. The van der Waals surface area contributed by atoms with E-state index in [1.165, 1.54) is 111 Å². The van der Waals surface area contributed by atoms with Crippen LogP contribution in [-0.2, 0) is 4.66 Å². The first-order valence-electron chi connectivity index (χ1n) is 23.4. The SMILES string of the molecule is Cc1ccc(N(c2ccc3c4c(ccc3c2)-c2c(c3ccc(N(c5ccc(C)cc5)c5cc(C)ccc5C)cc3c3ccccc23)C4([Si](C)(C)C)[Si](C)(C)C)c2cc(C)ccc2C)cc1. The standard InChI is InChI=1S/C61H62N2Si2/c1-39-19-26-46(27-20-39)62(56-35-41(3)17-23-43(56)5)48-30-33-50-45(37-48)25-32-54-58-52-16-14-13-15-51(52)55-38-49(31-34-53(55)60(58)61(59(50)54,64(7,8)9)65(10,11)12)63(47-28-21-40(2)22-29-47)57-36-42(4)18-24-44(57)6/h13-38H,1-12H3. The van der Waals surface area contributed by atoms with Gasteiger partial charge in [-0.2, -0.15) is 0 Å². The summed E-state index contributed by atoms with van der Waals surface area (Å²) in [6.45, 7) is 29.2. The minimum Gasteiger partial charge on any atom is -0.310 e. The molecule has 0 N–H and O–H groups in total. The Labute approximate surface area is 389 Å². The van der Waals surface area contributed by atoms with Crippen LogP contribution in [0.1, 0.15) is 44.5 Å². The van der Waals surface area contributed by atoms with Crippen LogP contribution in [0.4, 0.5) is 34.1 Å². The summed E-state index contributed by atoms with van der Waals surface area (Å²) >= 11 is 0. The average Bonchev–Trinajstić information content (AvgIpc) is 3.62. The van der Waals surface area contributed by atoms with Gasteiger partial charge in [-0.05, 0) is 179 Å². The molecule has 9 aromatic carbocycles. The first-order valence-corrected chi connectivity index (χ1v) is 30.4. The lowest BCUT2D eigenvalue weighted by atomic mass is 9.91. The lowest BCUT2D eigenvalue weighted by Crippen LogP contribution is -2.63. The Hall–Kier alpha value is -6.21. The molecule has 9 aromatic rings. The van der Waals surface area contributed by atoms with Gasteiger partial charge in [0.1, 0.15) is 0 Å². The molecule has 0 atom stereocenters. The van der Waals surface area contributed by atoms with Gasteiger partial charge in [0.05, 0.1) is 16.1 Å². The third kappa shape index (κ3) is 6.71. The number of aryl methyl sites for hydroxylation is 6. The Balaban J connectivity index is 1.27. The van der Waals surface area contributed by atoms with Gasteiger partial charge in [0.15, 0.2) is 0 Å². The van der Waals surface area contributed by atoms with Gasteiger partial charge in [0.25, 0.3) is 0 Å². The number of benzene rings is 9. The Morgan fingerprint density at radius 1 is 0.354 bits per heavy atom. The van der Waals surface area contributed by atoms with Crippen molar-refractivity contribution in [2.24, 2.45) is 0 Å². The maximum absolute atomic E-state index is 2.66. The number of rotatable bonds is 8. The molecule has 0 saturated heterocycles. The topological polar surface area (TPSA) is 6.48 Å². The highest BCUT2D eigenvalue weighted by atomic mass is 28.4. The molecule has 0 spiro atoms. The number of nitrogens with zero attached hydrogens (tertiary/aromatic N) is 2. The van der Waals surface area contributed by atoms with Crippen molar-refractivity contribution in [1.29, 1.82) is 0 Å². The normalized spacial score (nSPS) is 13.4. The molecule has 2 nitrogen and oxygen atoms in total. The van der Waals surface area contributed by atoms with E-state index < -0.39 is 16.1 Å². The highest BCUT2D eigenvalue weighted by molar-refractivity contribution is 7.00. The number of fused-ring (bicyclic) bond motifs is 10. The van der Waals surface area contributed by atoms with Crippen LogP contribution in [0.15, 0.2) is 158 Å². The summed E-state index contributed by atoms with van der Waals surface area (Å²) in [7, 11) is -4.23. The van der Waals surface area contributed by atoms with Gasteiger partial charge in [-0.25, -0.2) is 0 Å². The number of anilines is 6. The van der Waals surface area contributed by atoms with Crippen LogP contribution in [0.5, 0.6) is 0 Å². The van der Waals surface area contributed by atoms with Crippen molar-refractivity contribution < 1.29 is 0 Å². The molecule has 0 amide bonds. The zero-order chi connectivity index (χ0) is 45.7. The number of hydrogen-bond donors (Lipinski definition) is 0. The molecule has 4 heteroatoms. The minimum atomic E-state index is -2.11. The van der Waals surface area contributed by atoms with Gasteiger partial charge >= 0.3 is 0 Å². The van der Waals surface area contributed by atoms with Crippen LogP contribution in [-0.4, -0.2) is 16.1 Å². The summed E-state index contributed by atoms with van der Waals surface area (Å²) in [5.41, 5.74) is 20.7. The third-order valence-corrected chi connectivity index (χ3v) is 24.6. The van der Waals surface area contributed by atoms with Gasteiger partial charge in [0.2, 0.25) is 0 Å². The molecular weight excluding hydrogens is 817 g/mol. The molecule has 0 aromatic heterocycles. The smallest absolute Gasteiger partial charge is 0.0579 e. The fraction of sp³-hybridized carbons (Fsp3) is 0.213. The zero-order valence-electron chi connectivity index (χ0n) is 40.4. The van der Waals surface area contributed by atoms with E-state index in [0.29, 0.717) is 0 Å². The molecule has 324 valence electrons. The third-order valence-electron chi connectivity index (χ3n) is 14.6. The second kappa shape index (κ2) is 15.5. The fourth-order valence-corrected chi connectivity index (χ4v) is 25.0. The molecule has 1 aliphatic carbocycles.